The van der Waals surface area contributed by atoms with Crippen molar-refractivity contribution in [2.24, 2.45) is 0 Å². The molecule has 0 fully saturated rings. The van der Waals surface area contributed by atoms with Crippen LogP contribution in [-0.4, -0.2) is 35.7 Å². The van der Waals surface area contributed by atoms with Crippen molar-refractivity contribution in [2.45, 2.75) is 32.9 Å². The minimum absolute atomic E-state index is 0.0722. The van der Waals surface area contributed by atoms with Crippen molar-refractivity contribution in [1.82, 2.24) is 29.3 Å². The van der Waals surface area contributed by atoms with E-state index in [0.29, 0.717) is 16.9 Å². The summed E-state index contributed by atoms with van der Waals surface area (Å²) >= 11 is 0. The largest absolute Gasteiger partial charge is 0.425 e. The number of aromatic nitrogens is 6. The van der Waals surface area contributed by atoms with Crippen LogP contribution in [0.2, 0.25) is 0 Å². The normalized spacial score (nSPS) is 11.8. The lowest BCUT2D eigenvalue weighted by Crippen LogP contribution is -2.08. The van der Waals surface area contributed by atoms with E-state index in [9.17, 15) is 8.78 Å². The highest BCUT2D eigenvalue weighted by Crippen LogP contribution is 2.31. The van der Waals surface area contributed by atoms with Crippen molar-refractivity contribution in [1.29, 1.82) is 0 Å². The quantitative estimate of drug-likeness (QED) is 0.354. The highest BCUT2D eigenvalue weighted by atomic mass is 19.3. The summed E-state index contributed by atoms with van der Waals surface area (Å²) in [5.41, 5.74) is 4.29. The SMILES string of the molecule is CC(C)n1nc(-c2ccc(Oc3nc4cccnc4n3CC(F)F)cc2)c2ncccc21. The summed E-state index contributed by atoms with van der Waals surface area (Å²) in [4.78, 5) is 13.0. The lowest BCUT2D eigenvalue weighted by atomic mass is 10.1. The van der Waals surface area contributed by atoms with Gasteiger partial charge in [0.05, 0.1) is 12.1 Å². The summed E-state index contributed by atoms with van der Waals surface area (Å²) in [6.07, 6.45) is 0.729. The summed E-state index contributed by atoms with van der Waals surface area (Å²) in [6, 6.07) is 14.8. The van der Waals surface area contributed by atoms with Crippen molar-refractivity contribution >= 4 is 22.2 Å². The third-order valence-electron chi connectivity index (χ3n) is 5.08. The number of pyridine rings is 2. The molecule has 0 unspecified atom stereocenters. The fourth-order valence-electron chi connectivity index (χ4n) is 3.67. The van der Waals surface area contributed by atoms with Crippen molar-refractivity contribution in [3.63, 3.8) is 0 Å². The van der Waals surface area contributed by atoms with Gasteiger partial charge >= 0.3 is 6.01 Å². The van der Waals surface area contributed by atoms with Crippen LogP contribution in [0.4, 0.5) is 8.78 Å². The van der Waals surface area contributed by atoms with Crippen molar-refractivity contribution < 1.29 is 13.5 Å². The predicted molar refractivity (Wildman–Crippen MR) is 117 cm³/mol. The minimum atomic E-state index is -2.56. The molecule has 0 radical (unpaired) electrons. The van der Waals surface area contributed by atoms with Crippen LogP contribution in [0.1, 0.15) is 19.9 Å². The molecular weight excluding hydrogens is 414 g/mol. The van der Waals surface area contributed by atoms with Crippen molar-refractivity contribution in [2.75, 3.05) is 0 Å². The van der Waals surface area contributed by atoms with E-state index in [0.717, 1.165) is 22.3 Å². The molecule has 0 aliphatic rings. The molecule has 5 rings (SSSR count). The number of ether oxygens (including phenoxy) is 1. The van der Waals surface area contributed by atoms with E-state index >= 15 is 0 Å². The molecule has 162 valence electrons. The fraction of sp³-hybridized carbons (Fsp3) is 0.217. The Balaban J connectivity index is 1.49. The summed E-state index contributed by atoms with van der Waals surface area (Å²) in [7, 11) is 0. The summed E-state index contributed by atoms with van der Waals surface area (Å²) in [5.74, 6) is 0.472. The van der Waals surface area contributed by atoms with Gasteiger partial charge < -0.3 is 4.74 Å². The molecule has 4 heterocycles. The smallest absolute Gasteiger partial charge is 0.304 e. The summed E-state index contributed by atoms with van der Waals surface area (Å²) in [5, 5.41) is 4.75. The molecule has 4 aromatic heterocycles. The van der Waals surface area contributed by atoms with E-state index in [1.807, 2.05) is 28.9 Å². The van der Waals surface area contributed by atoms with Crippen LogP contribution in [0.5, 0.6) is 11.8 Å². The predicted octanol–water partition coefficient (Wildman–Crippen LogP) is 5.48. The standard InChI is InChI=1S/C23H20F2N6O/c1-14(2)31-18-6-4-11-26-21(18)20(29-31)15-7-9-16(10-8-15)32-23-28-17-5-3-12-27-22(17)30(23)13-19(24)25/h3-12,14,19H,13H2,1-2H3. The second-order valence-corrected chi connectivity index (χ2v) is 7.63. The van der Waals surface area contributed by atoms with Crippen LogP contribution < -0.4 is 4.74 Å². The maximum absolute atomic E-state index is 13.1. The summed E-state index contributed by atoms with van der Waals surface area (Å²) in [6.45, 7) is 3.59. The first-order valence-corrected chi connectivity index (χ1v) is 10.2. The highest BCUT2D eigenvalue weighted by molar-refractivity contribution is 5.90. The first-order chi connectivity index (χ1) is 15.5. The van der Waals surface area contributed by atoms with Gasteiger partial charge in [-0.05, 0) is 62.4 Å². The van der Waals surface area contributed by atoms with E-state index in [4.69, 9.17) is 9.84 Å². The second kappa shape index (κ2) is 7.99. The molecule has 0 saturated heterocycles. The Bertz CT molecular complexity index is 1390. The Labute approximate surface area is 182 Å². The monoisotopic (exact) mass is 434 g/mol. The number of halogens is 2. The van der Waals surface area contributed by atoms with Crippen LogP contribution in [0.25, 0.3) is 33.5 Å². The van der Waals surface area contributed by atoms with Crippen LogP contribution >= 0.6 is 0 Å². The molecule has 7 nitrogen and oxygen atoms in total. The molecule has 0 saturated carbocycles. The minimum Gasteiger partial charge on any atom is -0.425 e. The first kappa shape index (κ1) is 20.0. The molecule has 32 heavy (non-hydrogen) atoms. The molecule has 0 atom stereocenters. The van der Waals surface area contributed by atoms with E-state index in [2.05, 4.69) is 28.8 Å². The van der Waals surface area contributed by atoms with Gasteiger partial charge in [-0.3, -0.25) is 14.2 Å². The number of hydrogen-bond acceptors (Lipinski definition) is 5. The lowest BCUT2D eigenvalue weighted by molar-refractivity contribution is 0.124. The highest BCUT2D eigenvalue weighted by Gasteiger charge is 2.18. The Kier molecular flexibility index (Phi) is 5.01. The molecule has 0 bridgehead atoms. The van der Waals surface area contributed by atoms with Crippen LogP contribution in [0.15, 0.2) is 60.9 Å². The number of fused-ring (bicyclic) bond motifs is 2. The zero-order chi connectivity index (χ0) is 22.2. The number of imidazole rings is 1. The van der Waals surface area contributed by atoms with Gasteiger partial charge in [0.15, 0.2) is 5.65 Å². The second-order valence-electron chi connectivity index (χ2n) is 7.63. The van der Waals surface area contributed by atoms with Crippen molar-refractivity contribution in [3.05, 3.63) is 60.9 Å². The van der Waals surface area contributed by atoms with Gasteiger partial charge in [-0.2, -0.15) is 10.1 Å². The third-order valence-corrected chi connectivity index (χ3v) is 5.08. The lowest BCUT2D eigenvalue weighted by Gasteiger charge is -2.09. The maximum Gasteiger partial charge on any atom is 0.304 e. The Morgan fingerprint density at radius 2 is 1.72 bits per heavy atom. The van der Waals surface area contributed by atoms with Crippen LogP contribution in [0.3, 0.4) is 0 Å². The molecule has 1 aromatic carbocycles. The topological polar surface area (TPSA) is 70.7 Å². The van der Waals surface area contributed by atoms with Gasteiger partial charge in [-0.1, -0.05) is 0 Å². The van der Waals surface area contributed by atoms with E-state index in [1.54, 1.807) is 36.7 Å². The fourth-order valence-corrected chi connectivity index (χ4v) is 3.67. The third kappa shape index (κ3) is 3.55. The molecule has 5 aromatic rings. The average Bonchev–Trinajstić information content (AvgIpc) is 3.33. The van der Waals surface area contributed by atoms with Gasteiger partial charge in [0.25, 0.3) is 6.43 Å². The Hall–Kier alpha value is -3.88. The number of benzene rings is 1. The molecule has 0 N–H and O–H groups in total. The van der Waals surface area contributed by atoms with Gasteiger partial charge in [0.1, 0.15) is 22.5 Å². The van der Waals surface area contributed by atoms with Crippen molar-refractivity contribution in [3.8, 4) is 23.0 Å². The van der Waals surface area contributed by atoms with E-state index in [-0.39, 0.29) is 12.1 Å². The van der Waals surface area contributed by atoms with Crippen LogP contribution in [-0.2, 0) is 6.54 Å². The van der Waals surface area contributed by atoms with E-state index < -0.39 is 13.0 Å². The molecule has 9 heteroatoms. The number of nitrogens with zero attached hydrogens (tertiary/aromatic N) is 6. The maximum atomic E-state index is 13.1. The average molecular weight is 434 g/mol. The van der Waals surface area contributed by atoms with Gasteiger partial charge in [-0.15, -0.1) is 0 Å². The molecular formula is C23H20F2N6O. The number of rotatable bonds is 6. The van der Waals surface area contributed by atoms with Gasteiger partial charge in [0, 0.05) is 24.0 Å². The Morgan fingerprint density at radius 3 is 2.47 bits per heavy atom. The first-order valence-electron chi connectivity index (χ1n) is 10.2. The molecule has 0 amide bonds. The zero-order valence-electron chi connectivity index (χ0n) is 17.5. The van der Waals surface area contributed by atoms with E-state index in [1.165, 1.54) is 4.57 Å². The van der Waals surface area contributed by atoms with Gasteiger partial charge in [0.2, 0.25) is 0 Å². The number of alkyl halides is 2. The summed E-state index contributed by atoms with van der Waals surface area (Å²) < 4.78 is 35.3. The molecule has 0 aliphatic heterocycles. The van der Waals surface area contributed by atoms with Gasteiger partial charge in [-0.25, -0.2) is 13.8 Å². The molecule has 0 spiro atoms. The number of hydrogen-bond donors (Lipinski definition) is 0. The van der Waals surface area contributed by atoms with Crippen LogP contribution in [0, 0.1) is 0 Å². The zero-order valence-corrected chi connectivity index (χ0v) is 17.5. The Morgan fingerprint density at radius 1 is 0.969 bits per heavy atom. The molecule has 0 aliphatic carbocycles.